The van der Waals surface area contributed by atoms with E-state index in [1.165, 1.54) is 12.1 Å². The Balaban J connectivity index is 1.73. The summed E-state index contributed by atoms with van der Waals surface area (Å²) in [6, 6.07) is 17.1. The second-order valence-corrected chi connectivity index (χ2v) is 6.79. The van der Waals surface area contributed by atoms with Crippen LogP contribution in [0.2, 0.25) is 0 Å². The van der Waals surface area contributed by atoms with Gasteiger partial charge in [0.25, 0.3) is 5.91 Å². The monoisotopic (exact) mass is 386 g/mol. The molecule has 0 aliphatic rings. The molecule has 0 radical (unpaired) electrons. The van der Waals surface area contributed by atoms with Crippen molar-refractivity contribution in [3.8, 4) is 16.9 Å². The fourth-order valence-electron chi connectivity index (χ4n) is 3.01. The number of nitrogens with zero attached hydrogens (tertiary/aromatic N) is 3. The molecule has 1 N–H and O–H groups in total. The van der Waals surface area contributed by atoms with Crippen molar-refractivity contribution in [3.05, 3.63) is 95.7 Å². The van der Waals surface area contributed by atoms with Crippen LogP contribution in [-0.4, -0.2) is 20.7 Å². The summed E-state index contributed by atoms with van der Waals surface area (Å²) in [5.74, 6) is -0.650. The van der Waals surface area contributed by atoms with E-state index in [4.69, 9.17) is 0 Å². The van der Waals surface area contributed by atoms with Gasteiger partial charge >= 0.3 is 0 Å². The molecule has 0 saturated heterocycles. The van der Waals surface area contributed by atoms with Crippen LogP contribution in [0.25, 0.3) is 16.9 Å². The van der Waals surface area contributed by atoms with E-state index in [-0.39, 0.29) is 17.4 Å². The molecule has 0 aliphatic heterocycles. The van der Waals surface area contributed by atoms with E-state index in [0.717, 1.165) is 16.7 Å². The Kier molecular flexibility index (Phi) is 4.91. The van der Waals surface area contributed by atoms with Gasteiger partial charge in [0.2, 0.25) is 0 Å². The summed E-state index contributed by atoms with van der Waals surface area (Å²) in [5, 5.41) is 7.38. The Hall–Kier alpha value is -3.80. The fraction of sp³-hybridized carbons (Fsp3) is 0.0870. The Labute approximate surface area is 167 Å². The van der Waals surface area contributed by atoms with Crippen molar-refractivity contribution >= 4 is 11.6 Å². The molecule has 0 spiro atoms. The van der Waals surface area contributed by atoms with Crippen molar-refractivity contribution in [2.75, 3.05) is 5.32 Å². The normalized spacial score (nSPS) is 10.7. The van der Waals surface area contributed by atoms with Gasteiger partial charge in [0.15, 0.2) is 5.69 Å². The molecular weight excluding hydrogens is 367 g/mol. The summed E-state index contributed by atoms with van der Waals surface area (Å²) in [6.45, 7) is 4.02. The SMILES string of the molecule is Cc1ccc(NC(=O)c2cc(-c3ccncc3)n(-c3ccc(F)cc3)n2)cc1C. The lowest BCUT2D eigenvalue weighted by atomic mass is 10.1. The minimum atomic E-state index is -0.334. The van der Waals surface area contributed by atoms with E-state index in [9.17, 15) is 9.18 Å². The lowest BCUT2D eigenvalue weighted by Crippen LogP contribution is -2.13. The van der Waals surface area contributed by atoms with Gasteiger partial charge in [0, 0.05) is 23.6 Å². The third-order valence-electron chi connectivity index (χ3n) is 4.75. The number of carbonyl (C=O) groups is 1. The van der Waals surface area contributed by atoms with E-state index in [1.807, 2.05) is 44.2 Å². The molecule has 4 aromatic rings. The minimum absolute atomic E-state index is 0.263. The Morgan fingerprint density at radius 1 is 0.931 bits per heavy atom. The maximum atomic E-state index is 13.4. The number of nitrogens with one attached hydrogen (secondary N) is 1. The topological polar surface area (TPSA) is 59.8 Å². The molecule has 5 nitrogen and oxygen atoms in total. The Bertz CT molecular complexity index is 1170. The van der Waals surface area contributed by atoms with Gasteiger partial charge in [-0.05, 0) is 79.6 Å². The Morgan fingerprint density at radius 2 is 1.66 bits per heavy atom. The van der Waals surface area contributed by atoms with Crippen LogP contribution in [0, 0.1) is 19.7 Å². The lowest BCUT2D eigenvalue weighted by molar-refractivity contribution is 0.102. The van der Waals surface area contributed by atoms with E-state index in [1.54, 1.807) is 35.3 Å². The molecule has 0 aliphatic carbocycles. The molecule has 2 aromatic carbocycles. The highest BCUT2D eigenvalue weighted by atomic mass is 19.1. The summed E-state index contributed by atoms with van der Waals surface area (Å²) in [4.78, 5) is 16.9. The zero-order chi connectivity index (χ0) is 20.4. The van der Waals surface area contributed by atoms with Crippen LogP contribution >= 0.6 is 0 Å². The van der Waals surface area contributed by atoms with Crippen LogP contribution in [0.1, 0.15) is 21.6 Å². The number of rotatable bonds is 4. The van der Waals surface area contributed by atoms with Gasteiger partial charge in [-0.3, -0.25) is 9.78 Å². The number of anilines is 1. The first kappa shape index (κ1) is 18.6. The first-order valence-electron chi connectivity index (χ1n) is 9.16. The van der Waals surface area contributed by atoms with Crippen molar-refractivity contribution in [1.29, 1.82) is 0 Å². The number of carbonyl (C=O) groups excluding carboxylic acids is 1. The van der Waals surface area contributed by atoms with Crippen LogP contribution in [0.4, 0.5) is 10.1 Å². The fourth-order valence-corrected chi connectivity index (χ4v) is 3.01. The van der Waals surface area contributed by atoms with Crippen molar-refractivity contribution in [3.63, 3.8) is 0 Å². The maximum Gasteiger partial charge on any atom is 0.276 e. The number of aromatic nitrogens is 3. The number of halogens is 1. The average Bonchev–Trinajstić information content (AvgIpc) is 3.18. The highest BCUT2D eigenvalue weighted by Gasteiger charge is 2.17. The number of pyridine rings is 1. The molecule has 0 bridgehead atoms. The molecule has 2 aromatic heterocycles. The molecular formula is C23H19FN4O. The standard InChI is InChI=1S/C23H19FN4O/c1-15-3-6-19(13-16(15)2)26-23(29)21-14-22(17-9-11-25-12-10-17)28(27-21)20-7-4-18(24)5-8-20/h3-14H,1-2H3,(H,26,29). The van der Waals surface area contributed by atoms with Crippen molar-refractivity contribution in [2.24, 2.45) is 0 Å². The minimum Gasteiger partial charge on any atom is -0.321 e. The molecule has 4 rings (SSSR count). The first-order chi connectivity index (χ1) is 14.0. The van der Waals surface area contributed by atoms with Gasteiger partial charge in [-0.1, -0.05) is 6.07 Å². The van der Waals surface area contributed by atoms with Crippen LogP contribution in [0.3, 0.4) is 0 Å². The number of amides is 1. The van der Waals surface area contributed by atoms with Gasteiger partial charge < -0.3 is 5.32 Å². The van der Waals surface area contributed by atoms with Crippen molar-refractivity contribution in [2.45, 2.75) is 13.8 Å². The van der Waals surface area contributed by atoms with E-state index in [0.29, 0.717) is 17.1 Å². The highest BCUT2D eigenvalue weighted by Crippen LogP contribution is 2.24. The second kappa shape index (κ2) is 7.67. The largest absolute Gasteiger partial charge is 0.321 e. The average molecular weight is 386 g/mol. The molecule has 0 atom stereocenters. The number of hydrogen-bond donors (Lipinski definition) is 1. The van der Waals surface area contributed by atoms with Gasteiger partial charge in [-0.15, -0.1) is 0 Å². The molecule has 0 unspecified atom stereocenters. The van der Waals surface area contributed by atoms with Crippen LogP contribution < -0.4 is 5.32 Å². The Morgan fingerprint density at radius 3 is 2.34 bits per heavy atom. The van der Waals surface area contributed by atoms with Gasteiger partial charge in [-0.25, -0.2) is 9.07 Å². The summed E-state index contributed by atoms with van der Waals surface area (Å²) in [6.07, 6.45) is 3.35. The van der Waals surface area contributed by atoms with Crippen molar-refractivity contribution in [1.82, 2.24) is 14.8 Å². The van der Waals surface area contributed by atoms with E-state index >= 15 is 0 Å². The predicted octanol–water partition coefficient (Wildman–Crippen LogP) is 4.94. The third kappa shape index (κ3) is 3.91. The molecule has 144 valence electrons. The zero-order valence-corrected chi connectivity index (χ0v) is 16.1. The van der Waals surface area contributed by atoms with Crippen LogP contribution in [0.15, 0.2) is 73.1 Å². The quantitative estimate of drug-likeness (QED) is 0.540. The summed E-state index contributed by atoms with van der Waals surface area (Å²) < 4.78 is 15.0. The zero-order valence-electron chi connectivity index (χ0n) is 16.1. The second-order valence-electron chi connectivity index (χ2n) is 6.79. The molecule has 29 heavy (non-hydrogen) atoms. The first-order valence-corrected chi connectivity index (χ1v) is 9.16. The molecule has 1 amide bonds. The molecule has 0 saturated carbocycles. The number of benzene rings is 2. The smallest absolute Gasteiger partial charge is 0.276 e. The molecule has 2 heterocycles. The van der Waals surface area contributed by atoms with Gasteiger partial charge in [-0.2, -0.15) is 5.10 Å². The number of aryl methyl sites for hydroxylation is 2. The maximum absolute atomic E-state index is 13.4. The molecule has 6 heteroatoms. The third-order valence-corrected chi connectivity index (χ3v) is 4.75. The lowest BCUT2D eigenvalue weighted by Gasteiger charge is -2.07. The summed E-state index contributed by atoms with van der Waals surface area (Å²) >= 11 is 0. The number of hydrogen-bond acceptors (Lipinski definition) is 3. The van der Waals surface area contributed by atoms with E-state index < -0.39 is 0 Å². The van der Waals surface area contributed by atoms with Gasteiger partial charge in [0.1, 0.15) is 5.82 Å². The van der Waals surface area contributed by atoms with E-state index in [2.05, 4.69) is 15.4 Å². The predicted molar refractivity (Wildman–Crippen MR) is 111 cm³/mol. The van der Waals surface area contributed by atoms with Crippen LogP contribution in [0.5, 0.6) is 0 Å². The summed E-state index contributed by atoms with van der Waals surface area (Å²) in [5.41, 5.74) is 5.44. The highest BCUT2D eigenvalue weighted by molar-refractivity contribution is 6.03. The van der Waals surface area contributed by atoms with Crippen molar-refractivity contribution < 1.29 is 9.18 Å². The summed E-state index contributed by atoms with van der Waals surface area (Å²) in [7, 11) is 0. The van der Waals surface area contributed by atoms with Crippen LogP contribution in [-0.2, 0) is 0 Å². The molecule has 0 fully saturated rings. The van der Waals surface area contributed by atoms with Gasteiger partial charge in [0.05, 0.1) is 11.4 Å².